The molecule has 1 heterocycles. The summed E-state index contributed by atoms with van der Waals surface area (Å²) in [7, 11) is 0. The van der Waals surface area contributed by atoms with Gasteiger partial charge >= 0.3 is 0 Å². The molecule has 0 spiro atoms. The van der Waals surface area contributed by atoms with Gasteiger partial charge in [-0.05, 0) is 38.8 Å². The molecule has 2 rings (SSSR count). The maximum Gasteiger partial charge on any atom is 0.167 e. The van der Waals surface area contributed by atoms with Crippen LogP contribution in [0.5, 0.6) is 5.75 Å². The fourth-order valence-electron chi connectivity index (χ4n) is 2.01. The van der Waals surface area contributed by atoms with Gasteiger partial charge in [0.1, 0.15) is 6.61 Å². The number of nitrogens with two attached hydrogens (primary N) is 1. The molecule has 3 nitrogen and oxygen atoms in total. The predicted octanol–water partition coefficient (Wildman–Crippen LogP) is 2.74. The quantitative estimate of drug-likeness (QED) is 0.825. The molecule has 17 heavy (non-hydrogen) atoms. The fourth-order valence-corrected chi connectivity index (χ4v) is 2.01. The Hall–Kier alpha value is -1.29. The number of halogens is 1. The third-order valence-electron chi connectivity index (χ3n) is 2.93. The Morgan fingerprint density at radius 2 is 2.29 bits per heavy atom. The number of anilines is 1. The van der Waals surface area contributed by atoms with E-state index < -0.39 is 5.82 Å². The lowest BCUT2D eigenvalue weighted by Crippen LogP contribution is -2.24. The third-order valence-corrected chi connectivity index (χ3v) is 2.93. The minimum absolute atomic E-state index is 0.0435. The Morgan fingerprint density at radius 3 is 2.88 bits per heavy atom. The van der Waals surface area contributed by atoms with Crippen LogP contribution in [-0.4, -0.2) is 18.3 Å². The summed E-state index contributed by atoms with van der Waals surface area (Å²) in [6.07, 6.45) is 2.00. The molecule has 1 aromatic carbocycles. The summed E-state index contributed by atoms with van der Waals surface area (Å²) in [4.78, 5) is 0. The minimum Gasteiger partial charge on any atom is -0.488 e. The molecule has 0 radical (unpaired) electrons. The number of hydrogen-bond acceptors (Lipinski definition) is 3. The monoisotopic (exact) mass is 239 g/mol. The lowest BCUT2D eigenvalue weighted by atomic mass is 10.1. The number of nitrogen functional groups attached to an aromatic ring is 1. The first-order chi connectivity index (χ1) is 7.96. The molecule has 1 fully saturated rings. The zero-order valence-corrected chi connectivity index (χ0v) is 10.2. The van der Waals surface area contributed by atoms with Crippen LogP contribution in [0.25, 0.3) is 0 Å². The molecule has 2 N–H and O–H groups in total. The van der Waals surface area contributed by atoms with Gasteiger partial charge in [0.2, 0.25) is 0 Å². The highest BCUT2D eigenvalue weighted by Gasteiger charge is 2.31. The highest BCUT2D eigenvalue weighted by Crippen LogP contribution is 2.30. The lowest BCUT2D eigenvalue weighted by molar-refractivity contribution is -0.0330. The van der Waals surface area contributed by atoms with E-state index in [4.69, 9.17) is 15.2 Å². The first-order valence-corrected chi connectivity index (χ1v) is 5.82. The molecule has 1 aliphatic rings. The van der Waals surface area contributed by atoms with Crippen molar-refractivity contribution in [3.8, 4) is 5.75 Å². The Balaban J connectivity index is 1.90. The predicted molar refractivity (Wildman–Crippen MR) is 64.5 cm³/mol. The smallest absolute Gasteiger partial charge is 0.167 e. The van der Waals surface area contributed by atoms with Crippen molar-refractivity contribution in [3.63, 3.8) is 0 Å². The highest BCUT2D eigenvalue weighted by atomic mass is 19.1. The molecule has 0 saturated carbocycles. The molecule has 1 aromatic rings. The van der Waals surface area contributed by atoms with Gasteiger partial charge in [0.15, 0.2) is 11.6 Å². The number of rotatable bonds is 3. The summed E-state index contributed by atoms with van der Waals surface area (Å²) in [5.41, 5.74) is 5.77. The van der Waals surface area contributed by atoms with E-state index in [0.29, 0.717) is 12.3 Å². The van der Waals surface area contributed by atoms with Gasteiger partial charge < -0.3 is 15.2 Å². The Labute approximate surface area is 101 Å². The Morgan fingerprint density at radius 1 is 1.53 bits per heavy atom. The molecule has 1 atom stereocenters. The zero-order valence-electron chi connectivity index (χ0n) is 10.2. The van der Waals surface area contributed by atoms with E-state index in [1.54, 1.807) is 12.1 Å². The highest BCUT2D eigenvalue weighted by molar-refractivity contribution is 5.42. The van der Waals surface area contributed by atoms with E-state index in [-0.39, 0.29) is 17.5 Å². The number of hydrogen-bond donors (Lipinski definition) is 1. The number of ether oxygens (including phenoxy) is 2. The van der Waals surface area contributed by atoms with Crippen molar-refractivity contribution < 1.29 is 13.9 Å². The molecule has 0 amide bonds. The Bertz CT molecular complexity index is 406. The molecule has 0 bridgehead atoms. The molecule has 0 aromatic heterocycles. The maximum absolute atomic E-state index is 13.4. The fraction of sp³-hybridized carbons (Fsp3) is 0.538. The standard InChI is InChI=1S/C13H18FNO2/c1-13(2)6-5-10(17-13)8-16-12-4-3-9(15)7-11(12)14/h3-4,7,10H,5-6,8,15H2,1-2H3. The van der Waals surface area contributed by atoms with Crippen LogP contribution in [0.4, 0.5) is 10.1 Å². The van der Waals surface area contributed by atoms with Crippen molar-refractivity contribution in [1.82, 2.24) is 0 Å². The van der Waals surface area contributed by atoms with Crippen LogP contribution in [0.15, 0.2) is 18.2 Å². The van der Waals surface area contributed by atoms with Crippen molar-refractivity contribution in [1.29, 1.82) is 0 Å². The second-order valence-electron chi connectivity index (χ2n) is 5.04. The molecule has 1 saturated heterocycles. The van der Waals surface area contributed by atoms with Gasteiger partial charge in [0.05, 0.1) is 11.7 Å². The van der Waals surface area contributed by atoms with Crippen LogP contribution >= 0.6 is 0 Å². The van der Waals surface area contributed by atoms with Crippen LogP contribution in [0.2, 0.25) is 0 Å². The summed E-state index contributed by atoms with van der Waals surface area (Å²) >= 11 is 0. The maximum atomic E-state index is 13.4. The second-order valence-corrected chi connectivity index (χ2v) is 5.04. The van der Waals surface area contributed by atoms with E-state index >= 15 is 0 Å². The topological polar surface area (TPSA) is 44.5 Å². The average molecular weight is 239 g/mol. The van der Waals surface area contributed by atoms with Gasteiger partial charge in [0, 0.05) is 11.8 Å². The van der Waals surface area contributed by atoms with Gasteiger partial charge in [0.25, 0.3) is 0 Å². The molecule has 94 valence electrons. The first kappa shape index (κ1) is 12.2. The van der Waals surface area contributed by atoms with Gasteiger partial charge in [-0.25, -0.2) is 4.39 Å². The zero-order chi connectivity index (χ0) is 12.5. The van der Waals surface area contributed by atoms with E-state index in [9.17, 15) is 4.39 Å². The van der Waals surface area contributed by atoms with Crippen LogP contribution in [0.1, 0.15) is 26.7 Å². The van der Waals surface area contributed by atoms with E-state index in [1.165, 1.54) is 6.07 Å². The van der Waals surface area contributed by atoms with Crippen molar-refractivity contribution in [3.05, 3.63) is 24.0 Å². The molecule has 1 aliphatic heterocycles. The summed E-state index contributed by atoms with van der Waals surface area (Å²) < 4.78 is 24.6. The van der Waals surface area contributed by atoms with Crippen molar-refractivity contribution in [2.24, 2.45) is 0 Å². The van der Waals surface area contributed by atoms with Crippen molar-refractivity contribution in [2.45, 2.75) is 38.4 Å². The first-order valence-electron chi connectivity index (χ1n) is 5.82. The van der Waals surface area contributed by atoms with E-state index in [2.05, 4.69) is 13.8 Å². The van der Waals surface area contributed by atoms with Crippen LogP contribution < -0.4 is 10.5 Å². The summed E-state index contributed by atoms with van der Waals surface area (Å²) in [6, 6.07) is 4.43. The van der Waals surface area contributed by atoms with E-state index in [1.807, 2.05) is 0 Å². The SMILES string of the molecule is CC1(C)CCC(COc2ccc(N)cc2F)O1. The normalized spacial score (nSPS) is 22.6. The van der Waals surface area contributed by atoms with Crippen LogP contribution in [0.3, 0.4) is 0 Å². The van der Waals surface area contributed by atoms with Crippen LogP contribution in [0, 0.1) is 5.82 Å². The third kappa shape index (κ3) is 3.09. The van der Waals surface area contributed by atoms with Gasteiger partial charge in [-0.3, -0.25) is 0 Å². The summed E-state index contributed by atoms with van der Waals surface area (Å²) in [6.45, 7) is 4.48. The average Bonchev–Trinajstić information content (AvgIpc) is 2.57. The lowest BCUT2D eigenvalue weighted by Gasteiger charge is -2.19. The van der Waals surface area contributed by atoms with Crippen molar-refractivity contribution >= 4 is 5.69 Å². The second kappa shape index (κ2) is 4.53. The Kier molecular flexibility index (Phi) is 3.24. The van der Waals surface area contributed by atoms with Crippen molar-refractivity contribution in [2.75, 3.05) is 12.3 Å². The molecular weight excluding hydrogens is 221 g/mol. The van der Waals surface area contributed by atoms with Gasteiger partial charge in [-0.15, -0.1) is 0 Å². The minimum atomic E-state index is -0.428. The molecule has 1 unspecified atom stereocenters. The molecule has 0 aliphatic carbocycles. The number of benzene rings is 1. The largest absolute Gasteiger partial charge is 0.488 e. The van der Waals surface area contributed by atoms with E-state index in [0.717, 1.165) is 12.8 Å². The van der Waals surface area contributed by atoms with Crippen LogP contribution in [-0.2, 0) is 4.74 Å². The van der Waals surface area contributed by atoms with Gasteiger partial charge in [-0.2, -0.15) is 0 Å². The molecule has 4 heteroatoms. The summed E-state index contributed by atoms with van der Waals surface area (Å²) in [5.74, 6) is -0.199. The van der Waals surface area contributed by atoms with Gasteiger partial charge in [-0.1, -0.05) is 0 Å². The molecular formula is C13H18FNO2. The summed E-state index contributed by atoms with van der Waals surface area (Å²) in [5, 5.41) is 0.